The molecule has 5 rings (SSSR count). The predicted octanol–water partition coefficient (Wildman–Crippen LogP) is 4.41. The largest absolute Gasteiger partial charge is 0.497 e. The van der Waals surface area contributed by atoms with Gasteiger partial charge in [0.2, 0.25) is 0 Å². The van der Waals surface area contributed by atoms with Crippen LogP contribution in [-0.2, 0) is 11.3 Å². The Kier molecular flexibility index (Phi) is 7.67. The summed E-state index contributed by atoms with van der Waals surface area (Å²) in [4.78, 5) is 18.6. The Balaban J connectivity index is 1.51. The van der Waals surface area contributed by atoms with Crippen LogP contribution in [0, 0.1) is 5.92 Å². The molecule has 2 aromatic heterocycles. The highest BCUT2D eigenvalue weighted by Gasteiger charge is 2.34. The lowest BCUT2D eigenvalue weighted by atomic mass is 9.94. The van der Waals surface area contributed by atoms with Gasteiger partial charge < -0.3 is 14.5 Å². The van der Waals surface area contributed by atoms with Gasteiger partial charge in [-0.05, 0) is 66.3 Å². The highest BCUT2D eigenvalue weighted by atomic mass is 16.5. The smallest absolute Gasteiger partial charge is 0.252 e. The Bertz CT molecular complexity index is 1210. The van der Waals surface area contributed by atoms with Crippen LogP contribution >= 0.6 is 0 Å². The fourth-order valence-electron chi connectivity index (χ4n) is 5.88. The summed E-state index contributed by atoms with van der Waals surface area (Å²) in [5.41, 5.74) is 1.45. The van der Waals surface area contributed by atoms with E-state index in [2.05, 4.69) is 43.9 Å². The summed E-state index contributed by atoms with van der Waals surface area (Å²) in [7, 11) is 1.65. The molecule has 194 valence electrons. The molecule has 0 bridgehead atoms. The Morgan fingerprint density at radius 2 is 2.00 bits per heavy atom. The van der Waals surface area contributed by atoms with E-state index in [1.807, 2.05) is 24.3 Å². The molecule has 0 unspecified atom stereocenters. The third-order valence-electron chi connectivity index (χ3n) is 7.69. The second kappa shape index (κ2) is 11.1. The number of nitrogens with zero attached hydrogens (tertiary/aromatic N) is 5. The molecular weight excluding hydrogens is 456 g/mol. The molecule has 2 fully saturated rings. The van der Waals surface area contributed by atoms with Crippen LogP contribution in [0.15, 0.2) is 29.1 Å². The third kappa shape index (κ3) is 5.32. The summed E-state index contributed by atoms with van der Waals surface area (Å²) >= 11 is 0. The molecule has 3 heterocycles. The van der Waals surface area contributed by atoms with E-state index >= 15 is 0 Å². The van der Waals surface area contributed by atoms with Crippen LogP contribution < -0.4 is 10.3 Å². The molecule has 2 atom stereocenters. The van der Waals surface area contributed by atoms with Gasteiger partial charge in [0, 0.05) is 36.2 Å². The van der Waals surface area contributed by atoms with Crippen LogP contribution in [0.25, 0.3) is 10.9 Å². The fourth-order valence-corrected chi connectivity index (χ4v) is 5.88. The number of hydrogen-bond acceptors (Lipinski definition) is 7. The standard InChI is InChI=1S/C27H38N6O3/c1-18(2)25(26-29-30-31-33(26)21-8-5-4-6-9-21)32(17-23-10-7-13-36-23)16-20-14-19-15-22(35-3)11-12-24(19)28-27(20)34/h11-12,14-15,18,21,23,25H,4-10,13,16-17H2,1-3H3,(H,28,34)/t23-,25+/m1/s1. The first-order valence-electron chi connectivity index (χ1n) is 13.4. The van der Waals surface area contributed by atoms with Gasteiger partial charge in [-0.15, -0.1) is 5.10 Å². The second-order valence-corrected chi connectivity index (χ2v) is 10.6. The Morgan fingerprint density at radius 3 is 2.72 bits per heavy atom. The Hall–Kier alpha value is -2.78. The monoisotopic (exact) mass is 494 g/mol. The number of rotatable bonds is 9. The van der Waals surface area contributed by atoms with Gasteiger partial charge in [0.15, 0.2) is 5.82 Å². The Morgan fingerprint density at radius 1 is 1.17 bits per heavy atom. The normalized spacial score (nSPS) is 20.0. The van der Waals surface area contributed by atoms with Gasteiger partial charge in [0.25, 0.3) is 5.56 Å². The molecule has 1 aliphatic carbocycles. The predicted molar refractivity (Wildman–Crippen MR) is 138 cm³/mol. The van der Waals surface area contributed by atoms with Gasteiger partial charge in [-0.3, -0.25) is 9.69 Å². The molecule has 0 radical (unpaired) electrons. The average molecular weight is 495 g/mol. The maximum atomic E-state index is 13.2. The van der Waals surface area contributed by atoms with E-state index in [9.17, 15) is 4.79 Å². The van der Waals surface area contributed by atoms with E-state index in [0.29, 0.717) is 12.6 Å². The molecule has 1 saturated heterocycles. The van der Waals surface area contributed by atoms with E-state index < -0.39 is 0 Å². The second-order valence-electron chi connectivity index (χ2n) is 10.6. The molecule has 1 saturated carbocycles. The van der Waals surface area contributed by atoms with E-state index in [1.165, 1.54) is 19.3 Å². The number of methoxy groups -OCH3 is 1. The minimum Gasteiger partial charge on any atom is -0.497 e. The maximum Gasteiger partial charge on any atom is 0.252 e. The first kappa shape index (κ1) is 24.9. The number of aromatic nitrogens is 5. The van der Waals surface area contributed by atoms with Crippen molar-refractivity contribution in [2.75, 3.05) is 20.3 Å². The summed E-state index contributed by atoms with van der Waals surface area (Å²) in [5, 5.41) is 14.1. The lowest BCUT2D eigenvalue weighted by molar-refractivity contribution is 0.0375. The van der Waals surface area contributed by atoms with Crippen molar-refractivity contribution in [1.82, 2.24) is 30.1 Å². The number of hydrogen-bond donors (Lipinski definition) is 1. The lowest BCUT2D eigenvalue weighted by Crippen LogP contribution is -2.40. The molecule has 1 aliphatic heterocycles. The summed E-state index contributed by atoms with van der Waals surface area (Å²) in [6.07, 6.45) is 8.17. The first-order chi connectivity index (χ1) is 17.5. The minimum atomic E-state index is -0.0700. The fraction of sp³-hybridized carbons (Fsp3) is 0.630. The van der Waals surface area contributed by atoms with Crippen molar-refractivity contribution in [2.45, 2.75) is 83.5 Å². The molecule has 9 nitrogen and oxygen atoms in total. The van der Waals surface area contributed by atoms with Crippen molar-refractivity contribution in [1.29, 1.82) is 0 Å². The van der Waals surface area contributed by atoms with Crippen molar-refractivity contribution in [3.63, 3.8) is 0 Å². The molecule has 1 N–H and O–H groups in total. The van der Waals surface area contributed by atoms with Gasteiger partial charge in [0.05, 0.1) is 25.3 Å². The number of aromatic amines is 1. The summed E-state index contributed by atoms with van der Waals surface area (Å²) in [6, 6.07) is 8.00. The van der Waals surface area contributed by atoms with Gasteiger partial charge in [-0.2, -0.15) is 0 Å². The summed E-state index contributed by atoms with van der Waals surface area (Å²) in [5.74, 6) is 1.91. The number of benzene rings is 1. The average Bonchev–Trinajstić information content (AvgIpc) is 3.57. The molecule has 9 heteroatoms. The number of pyridine rings is 1. The number of ether oxygens (including phenoxy) is 2. The quantitative estimate of drug-likeness (QED) is 0.471. The zero-order valence-electron chi connectivity index (χ0n) is 21.7. The van der Waals surface area contributed by atoms with Crippen LogP contribution in [0.5, 0.6) is 5.75 Å². The van der Waals surface area contributed by atoms with Crippen LogP contribution in [0.3, 0.4) is 0 Å². The van der Waals surface area contributed by atoms with Crippen LogP contribution in [0.4, 0.5) is 0 Å². The zero-order valence-corrected chi connectivity index (χ0v) is 21.7. The number of H-pyrrole nitrogens is 1. The van der Waals surface area contributed by atoms with E-state index in [0.717, 1.165) is 66.9 Å². The van der Waals surface area contributed by atoms with Crippen molar-refractivity contribution in [2.24, 2.45) is 5.92 Å². The lowest BCUT2D eigenvalue weighted by Gasteiger charge is -2.36. The zero-order chi connectivity index (χ0) is 25.1. The van der Waals surface area contributed by atoms with E-state index in [1.54, 1.807) is 7.11 Å². The number of nitrogens with one attached hydrogen (secondary N) is 1. The van der Waals surface area contributed by atoms with Gasteiger partial charge in [-0.1, -0.05) is 33.1 Å². The third-order valence-corrected chi connectivity index (χ3v) is 7.69. The molecule has 3 aromatic rings. The van der Waals surface area contributed by atoms with Crippen LogP contribution in [-0.4, -0.2) is 56.5 Å². The van der Waals surface area contributed by atoms with Crippen LogP contribution in [0.1, 0.15) is 82.3 Å². The van der Waals surface area contributed by atoms with Gasteiger partial charge in [-0.25, -0.2) is 4.68 Å². The maximum absolute atomic E-state index is 13.2. The Labute approximate surface area is 212 Å². The highest BCUT2D eigenvalue weighted by molar-refractivity contribution is 5.80. The van der Waals surface area contributed by atoms with Gasteiger partial charge in [0.1, 0.15) is 5.75 Å². The molecule has 0 spiro atoms. The number of tetrazole rings is 1. The molecular formula is C27H38N6O3. The van der Waals surface area contributed by atoms with E-state index in [4.69, 9.17) is 9.47 Å². The molecule has 2 aliphatic rings. The highest BCUT2D eigenvalue weighted by Crippen LogP contribution is 2.34. The number of fused-ring (bicyclic) bond motifs is 1. The van der Waals surface area contributed by atoms with Gasteiger partial charge >= 0.3 is 0 Å². The van der Waals surface area contributed by atoms with Crippen molar-refractivity contribution in [3.8, 4) is 5.75 Å². The van der Waals surface area contributed by atoms with Crippen molar-refractivity contribution in [3.05, 3.63) is 46.0 Å². The van der Waals surface area contributed by atoms with E-state index in [-0.39, 0.29) is 23.6 Å². The van der Waals surface area contributed by atoms with Crippen LogP contribution in [0.2, 0.25) is 0 Å². The van der Waals surface area contributed by atoms with Crippen molar-refractivity contribution < 1.29 is 9.47 Å². The summed E-state index contributed by atoms with van der Waals surface area (Å²) < 4.78 is 13.5. The summed E-state index contributed by atoms with van der Waals surface area (Å²) in [6.45, 7) is 6.44. The van der Waals surface area contributed by atoms with Crippen molar-refractivity contribution >= 4 is 10.9 Å². The molecule has 1 aromatic carbocycles. The topological polar surface area (TPSA) is 98.2 Å². The molecule has 0 amide bonds. The SMILES string of the molecule is COc1ccc2[nH]c(=O)c(CN(C[C@H]3CCCO3)[C@H](c3nnnn3C3CCCCC3)C(C)C)cc2c1. The first-order valence-corrected chi connectivity index (χ1v) is 13.4. The minimum absolute atomic E-state index is 0.0356. The molecule has 36 heavy (non-hydrogen) atoms.